The molecule has 0 saturated heterocycles. The first-order valence-electron chi connectivity index (χ1n) is 7.17. The highest BCUT2D eigenvalue weighted by Gasteiger charge is 2.14. The van der Waals surface area contributed by atoms with Crippen molar-refractivity contribution < 1.29 is 19.1 Å². The van der Waals surface area contributed by atoms with Gasteiger partial charge in [-0.2, -0.15) is 0 Å². The van der Waals surface area contributed by atoms with Crippen LogP contribution in [-0.4, -0.2) is 23.7 Å². The summed E-state index contributed by atoms with van der Waals surface area (Å²) in [5, 5.41) is 5.77. The van der Waals surface area contributed by atoms with Crippen LogP contribution in [0.4, 0.5) is 4.79 Å². The van der Waals surface area contributed by atoms with Crippen LogP contribution in [0.1, 0.15) is 40.9 Å². The number of rotatable bonds is 5. The van der Waals surface area contributed by atoms with Gasteiger partial charge in [-0.1, -0.05) is 0 Å². The van der Waals surface area contributed by atoms with Crippen LogP contribution in [0.15, 0.2) is 29.6 Å². The fourth-order valence-corrected chi connectivity index (χ4v) is 2.56. The molecule has 23 heavy (non-hydrogen) atoms. The first-order valence-corrected chi connectivity index (χ1v) is 8.05. The summed E-state index contributed by atoms with van der Waals surface area (Å²) < 4.78 is 9.62. The first kappa shape index (κ1) is 17.0. The number of nitrogens with zero attached hydrogens (tertiary/aromatic N) is 1. The van der Waals surface area contributed by atoms with E-state index in [1.54, 1.807) is 42.5 Å². The van der Waals surface area contributed by atoms with Crippen molar-refractivity contribution in [1.82, 2.24) is 10.3 Å². The van der Waals surface area contributed by atoms with Crippen molar-refractivity contribution in [3.63, 3.8) is 0 Å². The minimum Gasteiger partial charge on any atom is -0.434 e. The molecule has 6 nitrogen and oxygen atoms in total. The van der Waals surface area contributed by atoms with Gasteiger partial charge >= 0.3 is 6.16 Å². The summed E-state index contributed by atoms with van der Waals surface area (Å²) in [5.74, 6) is 0.106. The average Bonchev–Trinajstić information content (AvgIpc) is 2.95. The Morgan fingerprint density at radius 2 is 2.00 bits per heavy atom. The smallest absolute Gasteiger partial charge is 0.434 e. The third kappa shape index (κ3) is 4.79. The van der Waals surface area contributed by atoms with Crippen LogP contribution in [-0.2, 0) is 4.74 Å². The lowest BCUT2D eigenvalue weighted by Crippen LogP contribution is -2.26. The third-order valence-electron chi connectivity index (χ3n) is 3.01. The second-order valence-corrected chi connectivity index (χ2v) is 5.86. The average molecular weight is 334 g/mol. The molecule has 0 aliphatic heterocycles. The van der Waals surface area contributed by atoms with Crippen LogP contribution in [0.25, 0.3) is 0 Å². The SMILES string of the molecule is CCOC(=O)Oc1ccc(C(=O)NC(C)c2csc(C)n2)cc1. The van der Waals surface area contributed by atoms with Crippen molar-refractivity contribution >= 4 is 23.4 Å². The van der Waals surface area contributed by atoms with E-state index in [0.717, 1.165) is 10.7 Å². The number of carbonyl (C=O) groups excluding carboxylic acids is 2. The maximum atomic E-state index is 12.2. The van der Waals surface area contributed by atoms with Crippen LogP contribution in [0.5, 0.6) is 5.75 Å². The van der Waals surface area contributed by atoms with E-state index in [1.165, 1.54) is 0 Å². The molecule has 7 heteroatoms. The van der Waals surface area contributed by atoms with Gasteiger partial charge in [0.15, 0.2) is 0 Å². The summed E-state index contributed by atoms with van der Waals surface area (Å²) in [5.41, 5.74) is 1.31. The van der Waals surface area contributed by atoms with Crippen molar-refractivity contribution in [3.8, 4) is 5.75 Å². The minimum absolute atomic E-state index is 0.178. The molecular formula is C16H18N2O4S. The van der Waals surface area contributed by atoms with Gasteiger partial charge in [0.05, 0.1) is 23.4 Å². The second-order valence-electron chi connectivity index (χ2n) is 4.80. The molecule has 1 aromatic carbocycles. The molecule has 0 aliphatic carbocycles. The molecule has 0 radical (unpaired) electrons. The number of benzene rings is 1. The van der Waals surface area contributed by atoms with Crippen LogP contribution in [0.3, 0.4) is 0 Å². The lowest BCUT2D eigenvalue weighted by Gasteiger charge is -2.12. The van der Waals surface area contributed by atoms with Gasteiger partial charge in [-0.15, -0.1) is 11.3 Å². The van der Waals surface area contributed by atoms with Crippen LogP contribution in [0.2, 0.25) is 0 Å². The largest absolute Gasteiger partial charge is 0.513 e. The zero-order valence-electron chi connectivity index (χ0n) is 13.2. The van der Waals surface area contributed by atoms with Gasteiger partial charge in [0.1, 0.15) is 5.75 Å². The Balaban J connectivity index is 1.96. The van der Waals surface area contributed by atoms with Crippen molar-refractivity contribution in [2.24, 2.45) is 0 Å². The fourth-order valence-electron chi connectivity index (χ4n) is 1.85. The number of carbonyl (C=O) groups is 2. The number of hydrogen-bond acceptors (Lipinski definition) is 6. The van der Waals surface area contributed by atoms with E-state index in [0.29, 0.717) is 11.3 Å². The molecule has 0 bridgehead atoms. The Hall–Kier alpha value is -2.41. The predicted molar refractivity (Wildman–Crippen MR) is 86.8 cm³/mol. The molecule has 1 unspecified atom stereocenters. The monoisotopic (exact) mass is 334 g/mol. The Bertz CT molecular complexity index is 682. The summed E-state index contributed by atoms with van der Waals surface area (Å²) in [6, 6.07) is 6.08. The third-order valence-corrected chi connectivity index (χ3v) is 3.80. The Labute approximate surface area is 138 Å². The molecule has 1 amide bonds. The van der Waals surface area contributed by atoms with Gasteiger partial charge in [-0.3, -0.25) is 4.79 Å². The predicted octanol–water partition coefficient (Wildman–Crippen LogP) is 3.48. The summed E-state index contributed by atoms with van der Waals surface area (Å²) in [6.45, 7) is 5.74. The number of aryl methyl sites for hydroxylation is 1. The Morgan fingerprint density at radius 3 is 2.57 bits per heavy atom. The van der Waals surface area contributed by atoms with Crippen LogP contribution >= 0.6 is 11.3 Å². The Kier molecular flexibility index (Phi) is 5.70. The molecule has 2 rings (SSSR count). The van der Waals surface area contributed by atoms with E-state index >= 15 is 0 Å². The first-order chi connectivity index (χ1) is 11.0. The highest BCUT2D eigenvalue weighted by molar-refractivity contribution is 7.09. The Morgan fingerprint density at radius 1 is 1.30 bits per heavy atom. The molecule has 122 valence electrons. The van der Waals surface area contributed by atoms with Crippen molar-refractivity contribution in [2.45, 2.75) is 26.8 Å². The summed E-state index contributed by atoms with van der Waals surface area (Å²) in [6.07, 6.45) is -0.766. The minimum atomic E-state index is -0.766. The van der Waals surface area contributed by atoms with E-state index in [-0.39, 0.29) is 18.6 Å². The lowest BCUT2D eigenvalue weighted by molar-refractivity contribution is 0.0939. The van der Waals surface area contributed by atoms with Gasteiger partial charge in [-0.05, 0) is 45.0 Å². The number of aromatic nitrogens is 1. The van der Waals surface area contributed by atoms with E-state index in [1.807, 2.05) is 19.2 Å². The molecule has 1 N–H and O–H groups in total. The van der Waals surface area contributed by atoms with Gasteiger partial charge in [-0.25, -0.2) is 9.78 Å². The van der Waals surface area contributed by atoms with Gasteiger partial charge in [0.25, 0.3) is 5.91 Å². The van der Waals surface area contributed by atoms with E-state index in [4.69, 9.17) is 4.74 Å². The fraction of sp³-hybridized carbons (Fsp3) is 0.312. The molecule has 1 heterocycles. The van der Waals surface area contributed by atoms with Gasteiger partial charge in [0.2, 0.25) is 0 Å². The number of thiazole rings is 1. The van der Waals surface area contributed by atoms with Gasteiger partial charge < -0.3 is 14.8 Å². The van der Waals surface area contributed by atoms with Crippen LogP contribution in [0, 0.1) is 6.92 Å². The molecular weight excluding hydrogens is 316 g/mol. The topological polar surface area (TPSA) is 77.5 Å². The normalized spacial score (nSPS) is 11.6. The zero-order valence-corrected chi connectivity index (χ0v) is 14.0. The molecule has 0 aliphatic rings. The molecule has 1 atom stereocenters. The highest BCUT2D eigenvalue weighted by Crippen LogP contribution is 2.17. The van der Waals surface area contributed by atoms with Crippen molar-refractivity contribution in [3.05, 3.63) is 45.9 Å². The molecule has 0 saturated carbocycles. The molecule has 2 aromatic rings. The number of ether oxygens (including phenoxy) is 2. The second kappa shape index (κ2) is 7.73. The van der Waals surface area contributed by atoms with E-state index in [2.05, 4.69) is 15.0 Å². The quantitative estimate of drug-likeness (QED) is 0.669. The number of amides is 1. The summed E-state index contributed by atoms with van der Waals surface area (Å²) >= 11 is 1.54. The summed E-state index contributed by atoms with van der Waals surface area (Å²) in [4.78, 5) is 27.8. The van der Waals surface area contributed by atoms with Crippen molar-refractivity contribution in [2.75, 3.05) is 6.61 Å². The van der Waals surface area contributed by atoms with E-state index in [9.17, 15) is 9.59 Å². The van der Waals surface area contributed by atoms with Crippen molar-refractivity contribution in [1.29, 1.82) is 0 Å². The number of nitrogens with one attached hydrogen (secondary N) is 1. The highest BCUT2D eigenvalue weighted by atomic mass is 32.1. The molecule has 0 fully saturated rings. The van der Waals surface area contributed by atoms with E-state index < -0.39 is 6.16 Å². The lowest BCUT2D eigenvalue weighted by atomic mass is 10.2. The zero-order chi connectivity index (χ0) is 16.8. The standard InChI is InChI=1S/C16H18N2O4S/c1-4-21-16(20)22-13-7-5-12(6-8-13)15(19)17-10(2)14-9-23-11(3)18-14/h5-10H,4H2,1-3H3,(H,17,19). The molecule has 0 spiro atoms. The van der Waals surface area contributed by atoms with Gasteiger partial charge in [0, 0.05) is 10.9 Å². The maximum Gasteiger partial charge on any atom is 0.513 e. The summed E-state index contributed by atoms with van der Waals surface area (Å²) in [7, 11) is 0. The van der Waals surface area contributed by atoms with Crippen LogP contribution < -0.4 is 10.1 Å². The maximum absolute atomic E-state index is 12.2. The number of hydrogen-bond donors (Lipinski definition) is 1. The molecule has 1 aromatic heterocycles.